The van der Waals surface area contributed by atoms with Crippen LogP contribution in [0.4, 0.5) is 11.4 Å². The number of aromatic hydroxyl groups is 1. The number of amides is 3. The molecule has 1 saturated heterocycles. The number of hydrogen-bond acceptors (Lipinski definition) is 6. The summed E-state index contributed by atoms with van der Waals surface area (Å²) in [5.41, 5.74) is 2.19. The molecule has 0 unspecified atom stereocenters. The van der Waals surface area contributed by atoms with Crippen LogP contribution in [0.3, 0.4) is 0 Å². The number of nitrogens with one attached hydrogen (secondary N) is 2. The Morgan fingerprint density at radius 3 is 2.47 bits per heavy atom. The highest BCUT2D eigenvalue weighted by Gasteiger charge is 2.21. The highest BCUT2D eigenvalue weighted by atomic mass is 16.3. The lowest BCUT2D eigenvalue weighted by molar-refractivity contribution is -0.117. The summed E-state index contributed by atoms with van der Waals surface area (Å²) in [6.45, 7) is 0.461. The molecule has 0 aliphatic carbocycles. The van der Waals surface area contributed by atoms with Crippen molar-refractivity contribution in [2.45, 2.75) is 12.8 Å². The Bertz CT molecular complexity index is 1150. The van der Waals surface area contributed by atoms with Crippen LogP contribution in [0.15, 0.2) is 60.9 Å². The number of benzene rings is 2. The molecule has 4 rings (SSSR count). The van der Waals surface area contributed by atoms with Gasteiger partial charge in [0.15, 0.2) is 5.82 Å². The van der Waals surface area contributed by atoms with Crippen molar-refractivity contribution in [2.24, 2.45) is 0 Å². The van der Waals surface area contributed by atoms with Crippen molar-refractivity contribution in [3.8, 4) is 17.1 Å². The van der Waals surface area contributed by atoms with Crippen LogP contribution in [0.5, 0.6) is 5.75 Å². The molecule has 0 bridgehead atoms. The van der Waals surface area contributed by atoms with Gasteiger partial charge in [-0.05, 0) is 42.8 Å². The minimum Gasteiger partial charge on any atom is -0.508 e. The average Bonchev–Trinajstić information content (AvgIpc) is 3.24. The molecular weight excluding hydrogens is 410 g/mol. The minimum absolute atomic E-state index is 0.0813. The van der Waals surface area contributed by atoms with E-state index in [2.05, 4.69) is 20.6 Å². The standard InChI is InChI=1S/C23H21N5O4/c29-19-4-1-3-16(11-19)22-24-12-17(13-25-22)27-20(30)14-26-23(32)15-6-8-18(9-7-15)28-10-2-5-21(28)31/h1,3-4,6-9,11-13,29H,2,5,10,14H2,(H,26,32)(H,27,30). The van der Waals surface area contributed by atoms with Crippen molar-refractivity contribution in [2.75, 3.05) is 23.3 Å². The minimum atomic E-state index is -0.425. The summed E-state index contributed by atoms with van der Waals surface area (Å²) in [6.07, 6.45) is 4.27. The highest BCUT2D eigenvalue weighted by Crippen LogP contribution is 2.22. The molecular formula is C23H21N5O4. The Balaban J connectivity index is 1.29. The van der Waals surface area contributed by atoms with Crippen molar-refractivity contribution in [1.82, 2.24) is 15.3 Å². The van der Waals surface area contributed by atoms with Gasteiger partial charge in [0.25, 0.3) is 5.91 Å². The van der Waals surface area contributed by atoms with Crippen LogP contribution >= 0.6 is 0 Å². The second kappa shape index (κ2) is 9.25. The third-order valence-corrected chi connectivity index (χ3v) is 4.96. The predicted molar refractivity (Wildman–Crippen MR) is 118 cm³/mol. The van der Waals surface area contributed by atoms with Gasteiger partial charge in [-0.3, -0.25) is 14.4 Å². The summed E-state index contributed by atoms with van der Waals surface area (Å²) in [5.74, 6) is -0.219. The fourth-order valence-corrected chi connectivity index (χ4v) is 3.37. The first-order valence-electron chi connectivity index (χ1n) is 10.1. The number of carbonyl (C=O) groups excluding carboxylic acids is 3. The number of hydrogen-bond donors (Lipinski definition) is 3. The molecule has 3 N–H and O–H groups in total. The summed E-state index contributed by atoms with van der Waals surface area (Å²) >= 11 is 0. The van der Waals surface area contributed by atoms with E-state index in [4.69, 9.17) is 0 Å². The first kappa shape index (κ1) is 21.0. The average molecular weight is 431 g/mol. The molecule has 1 fully saturated rings. The lowest BCUT2D eigenvalue weighted by atomic mass is 10.2. The van der Waals surface area contributed by atoms with E-state index < -0.39 is 11.8 Å². The Hall–Kier alpha value is -4.27. The Kier molecular flexibility index (Phi) is 6.07. The van der Waals surface area contributed by atoms with Gasteiger partial charge in [0, 0.05) is 29.8 Å². The van der Waals surface area contributed by atoms with E-state index in [1.807, 2.05) is 0 Å². The van der Waals surface area contributed by atoms with Crippen molar-refractivity contribution in [3.05, 3.63) is 66.5 Å². The van der Waals surface area contributed by atoms with E-state index in [0.717, 1.165) is 12.1 Å². The van der Waals surface area contributed by atoms with E-state index >= 15 is 0 Å². The maximum atomic E-state index is 12.3. The predicted octanol–water partition coefficient (Wildman–Crippen LogP) is 2.34. The quantitative estimate of drug-likeness (QED) is 0.550. The number of phenols is 1. The van der Waals surface area contributed by atoms with Crippen molar-refractivity contribution >= 4 is 29.1 Å². The fourth-order valence-electron chi connectivity index (χ4n) is 3.37. The lowest BCUT2D eigenvalue weighted by Gasteiger charge is -2.15. The molecule has 0 atom stereocenters. The van der Waals surface area contributed by atoms with Gasteiger partial charge in [-0.25, -0.2) is 9.97 Å². The molecule has 32 heavy (non-hydrogen) atoms. The Morgan fingerprint density at radius 1 is 1.06 bits per heavy atom. The van der Waals surface area contributed by atoms with Gasteiger partial charge >= 0.3 is 0 Å². The molecule has 3 amide bonds. The zero-order chi connectivity index (χ0) is 22.5. The van der Waals surface area contributed by atoms with Crippen LogP contribution in [0.2, 0.25) is 0 Å². The molecule has 162 valence electrons. The number of aromatic nitrogens is 2. The van der Waals surface area contributed by atoms with Crippen LogP contribution in [0, 0.1) is 0 Å². The Labute approximate surface area is 184 Å². The third-order valence-electron chi connectivity index (χ3n) is 4.96. The summed E-state index contributed by atoms with van der Waals surface area (Å²) in [4.78, 5) is 46.3. The van der Waals surface area contributed by atoms with Crippen molar-refractivity contribution in [1.29, 1.82) is 0 Å². The zero-order valence-electron chi connectivity index (χ0n) is 17.1. The van der Waals surface area contributed by atoms with Gasteiger partial charge in [0.1, 0.15) is 5.75 Å². The largest absolute Gasteiger partial charge is 0.508 e. The van der Waals surface area contributed by atoms with Crippen LogP contribution in [-0.2, 0) is 9.59 Å². The Morgan fingerprint density at radius 2 is 1.81 bits per heavy atom. The summed E-state index contributed by atoms with van der Waals surface area (Å²) in [6, 6.07) is 13.2. The number of nitrogens with zero attached hydrogens (tertiary/aromatic N) is 3. The molecule has 1 aliphatic rings. The van der Waals surface area contributed by atoms with Crippen molar-refractivity contribution in [3.63, 3.8) is 0 Å². The number of phenolic OH excluding ortho intramolecular Hbond substituents is 1. The molecule has 2 heterocycles. The highest BCUT2D eigenvalue weighted by molar-refractivity contribution is 6.00. The fraction of sp³-hybridized carbons (Fsp3) is 0.174. The van der Waals surface area contributed by atoms with E-state index in [1.165, 1.54) is 12.4 Å². The summed E-state index contributed by atoms with van der Waals surface area (Å²) < 4.78 is 0. The number of carbonyl (C=O) groups is 3. The lowest BCUT2D eigenvalue weighted by Crippen LogP contribution is -2.33. The van der Waals surface area contributed by atoms with Crippen LogP contribution < -0.4 is 15.5 Å². The van der Waals surface area contributed by atoms with Gasteiger partial charge < -0.3 is 20.6 Å². The maximum Gasteiger partial charge on any atom is 0.251 e. The van der Waals surface area contributed by atoms with E-state index in [0.29, 0.717) is 35.6 Å². The van der Waals surface area contributed by atoms with E-state index in [1.54, 1.807) is 53.4 Å². The molecule has 0 radical (unpaired) electrons. The SMILES string of the molecule is O=C(CNC(=O)c1ccc(N2CCCC2=O)cc1)Nc1cnc(-c2cccc(O)c2)nc1. The van der Waals surface area contributed by atoms with Crippen molar-refractivity contribution < 1.29 is 19.5 Å². The normalized spacial score (nSPS) is 13.1. The molecule has 9 nitrogen and oxygen atoms in total. The van der Waals surface area contributed by atoms with E-state index in [-0.39, 0.29) is 18.2 Å². The van der Waals surface area contributed by atoms with Gasteiger partial charge in [-0.2, -0.15) is 0 Å². The monoisotopic (exact) mass is 431 g/mol. The summed E-state index contributed by atoms with van der Waals surface area (Å²) in [7, 11) is 0. The number of rotatable bonds is 6. The number of anilines is 2. The first-order chi connectivity index (χ1) is 15.5. The molecule has 9 heteroatoms. The van der Waals surface area contributed by atoms with Gasteiger partial charge in [0.05, 0.1) is 24.6 Å². The van der Waals surface area contributed by atoms with Gasteiger partial charge in [-0.1, -0.05) is 12.1 Å². The molecule has 0 saturated carbocycles. The molecule has 0 spiro atoms. The maximum absolute atomic E-state index is 12.3. The third kappa shape index (κ3) is 4.89. The van der Waals surface area contributed by atoms with Crippen LogP contribution in [-0.4, -0.2) is 45.9 Å². The second-order valence-electron chi connectivity index (χ2n) is 7.27. The van der Waals surface area contributed by atoms with E-state index in [9.17, 15) is 19.5 Å². The van der Waals surface area contributed by atoms with Gasteiger partial charge in [0.2, 0.25) is 11.8 Å². The molecule has 1 aliphatic heterocycles. The molecule has 1 aromatic heterocycles. The zero-order valence-corrected chi connectivity index (χ0v) is 17.1. The first-order valence-corrected chi connectivity index (χ1v) is 10.1. The molecule has 2 aromatic carbocycles. The van der Waals surface area contributed by atoms with Crippen LogP contribution in [0.1, 0.15) is 23.2 Å². The van der Waals surface area contributed by atoms with Crippen LogP contribution in [0.25, 0.3) is 11.4 Å². The van der Waals surface area contributed by atoms with Gasteiger partial charge in [-0.15, -0.1) is 0 Å². The second-order valence-corrected chi connectivity index (χ2v) is 7.27. The molecule has 3 aromatic rings. The smallest absolute Gasteiger partial charge is 0.251 e. The topological polar surface area (TPSA) is 125 Å². The summed E-state index contributed by atoms with van der Waals surface area (Å²) in [5, 5.41) is 14.7.